The molecule has 0 aliphatic rings. The molecule has 0 spiro atoms. The highest BCUT2D eigenvalue weighted by molar-refractivity contribution is 5.64. The quantitative estimate of drug-likeness (QED) is 0.677. The summed E-state index contributed by atoms with van der Waals surface area (Å²) in [5.41, 5.74) is 0.473. The van der Waals surface area contributed by atoms with Gasteiger partial charge in [0.2, 0.25) is 0 Å². The summed E-state index contributed by atoms with van der Waals surface area (Å²) >= 11 is 0. The van der Waals surface area contributed by atoms with Gasteiger partial charge in [0, 0.05) is 11.1 Å². The standard InChI is InChI=1S/C17H11F3N2/c18-17(19,20)15-11-14(12-7-3-1-4-8-12)21-16(22-15)13-9-5-2-6-10-13/h1-11H. The van der Waals surface area contributed by atoms with E-state index < -0.39 is 11.9 Å². The molecule has 0 fully saturated rings. The van der Waals surface area contributed by atoms with E-state index in [-0.39, 0.29) is 11.5 Å². The highest BCUT2D eigenvalue weighted by Gasteiger charge is 2.33. The van der Waals surface area contributed by atoms with Crippen LogP contribution < -0.4 is 0 Å². The van der Waals surface area contributed by atoms with Gasteiger partial charge in [0.15, 0.2) is 5.82 Å². The van der Waals surface area contributed by atoms with Crippen LogP contribution in [0.1, 0.15) is 5.69 Å². The van der Waals surface area contributed by atoms with Crippen LogP contribution in [0.3, 0.4) is 0 Å². The molecule has 1 heterocycles. The Balaban J connectivity index is 2.19. The fraction of sp³-hybridized carbons (Fsp3) is 0.0588. The minimum absolute atomic E-state index is 0.0641. The van der Waals surface area contributed by atoms with Crippen molar-refractivity contribution in [2.75, 3.05) is 0 Å². The molecule has 0 unspecified atom stereocenters. The van der Waals surface area contributed by atoms with Crippen LogP contribution in [0.4, 0.5) is 13.2 Å². The molecule has 0 aliphatic heterocycles. The summed E-state index contributed by atoms with van der Waals surface area (Å²) in [4.78, 5) is 7.94. The lowest BCUT2D eigenvalue weighted by Crippen LogP contribution is -2.10. The van der Waals surface area contributed by atoms with E-state index in [1.807, 2.05) is 0 Å². The van der Waals surface area contributed by atoms with Crippen LogP contribution in [-0.4, -0.2) is 9.97 Å². The second-order valence-electron chi connectivity index (χ2n) is 4.69. The van der Waals surface area contributed by atoms with Crippen LogP contribution in [0.15, 0.2) is 66.7 Å². The number of alkyl halides is 3. The third kappa shape index (κ3) is 2.98. The molecule has 0 saturated carbocycles. The van der Waals surface area contributed by atoms with Gasteiger partial charge in [0.1, 0.15) is 5.69 Å². The van der Waals surface area contributed by atoms with Crippen molar-refractivity contribution in [3.8, 4) is 22.6 Å². The SMILES string of the molecule is FC(F)(F)c1cc(-c2ccccc2)nc(-c2ccccc2)n1. The zero-order chi connectivity index (χ0) is 15.6. The van der Waals surface area contributed by atoms with Crippen LogP contribution in [-0.2, 0) is 6.18 Å². The first-order chi connectivity index (χ1) is 10.5. The Morgan fingerprint density at radius 3 is 1.77 bits per heavy atom. The van der Waals surface area contributed by atoms with Crippen LogP contribution >= 0.6 is 0 Å². The fourth-order valence-corrected chi connectivity index (χ4v) is 2.07. The highest BCUT2D eigenvalue weighted by atomic mass is 19.4. The van der Waals surface area contributed by atoms with Crippen molar-refractivity contribution in [1.82, 2.24) is 9.97 Å². The first-order valence-electron chi connectivity index (χ1n) is 6.61. The predicted octanol–water partition coefficient (Wildman–Crippen LogP) is 4.83. The highest BCUT2D eigenvalue weighted by Crippen LogP contribution is 2.32. The Hall–Kier alpha value is -2.69. The van der Waals surface area contributed by atoms with Crippen molar-refractivity contribution in [1.29, 1.82) is 0 Å². The molecule has 2 aromatic carbocycles. The van der Waals surface area contributed by atoms with Crippen molar-refractivity contribution < 1.29 is 13.2 Å². The Labute approximate surface area is 125 Å². The maximum absolute atomic E-state index is 13.1. The number of halogens is 3. The van der Waals surface area contributed by atoms with Crippen molar-refractivity contribution in [2.24, 2.45) is 0 Å². The van der Waals surface area contributed by atoms with Crippen LogP contribution in [0.25, 0.3) is 22.6 Å². The van der Waals surface area contributed by atoms with Crippen LogP contribution in [0.2, 0.25) is 0 Å². The lowest BCUT2D eigenvalue weighted by molar-refractivity contribution is -0.141. The van der Waals surface area contributed by atoms with Gasteiger partial charge in [-0.15, -0.1) is 0 Å². The summed E-state index contributed by atoms with van der Waals surface area (Å²) in [5.74, 6) is 0.0641. The summed E-state index contributed by atoms with van der Waals surface area (Å²) in [6, 6.07) is 18.4. The molecule has 0 atom stereocenters. The second-order valence-corrected chi connectivity index (χ2v) is 4.69. The molecule has 2 nitrogen and oxygen atoms in total. The topological polar surface area (TPSA) is 25.8 Å². The maximum atomic E-state index is 13.1. The average molecular weight is 300 g/mol. The van der Waals surface area contributed by atoms with Gasteiger partial charge in [0.05, 0.1) is 5.69 Å². The number of benzene rings is 2. The lowest BCUT2D eigenvalue weighted by Gasteiger charge is -2.10. The molecule has 3 rings (SSSR count). The summed E-state index contributed by atoms with van der Waals surface area (Å²) in [5, 5.41) is 0. The lowest BCUT2D eigenvalue weighted by atomic mass is 10.1. The average Bonchev–Trinajstić information content (AvgIpc) is 2.55. The first kappa shape index (κ1) is 14.3. The molecular formula is C17H11F3N2. The molecule has 5 heteroatoms. The second kappa shape index (κ2) is 5.60. The molecule has 0 bridgehead atoms. The molecule has 0 aliphatic carbocycles. The van der Waals surface area contributed by atoms with Crippen LogP contribution in [0.5, 0.6) is 0 Å². The Bertz CT molecular complexity index is 711. The van der Waals surface area contributed by atoms with E-state index in [9.17, 15) is 13.2 Å². The number of nitrogens with zero attached hydrogens (tertiary/aromatic N) is 2. The number of aromatic nitrogens is 2. The number of hydrogen-bond acceptors (Lipinski definition) is 2. The fourth-order valence-electron chi connectivity index (χ4n) is 2.07. The van der Waals surface area contributed by atoms with Gasteiger partial charge in [-0.1, -0.05) is 60.7 Å². The van der Waals surface area contributed by atoms with E-state index >= 15 is 0 Å². The molecule has 0 N–H and O–H groups in total. The Morgan fingerprint density at radius 1 is 0.682 bits per heavy atom. The summed E-state index contributed by atoms with van der Waals surface area (Å²) < 4.78 is 39.3. The zero-order valence-corrected chi connectivity index (χ0v) is 11.4. The van der Waals surface area contributed by atoms with Gasteiger partial charge >= 0.3 is 6.18 Å². The summed E-state index contributed by atoms with van der Waals surface area (Å²) in [7, 11) is 0. The third-order valence-corrected chi connectivity index (χ3v) is 3.12. The number of hydrogen-bond donors (Lipinski definition) is 0. The largest absolute Gasteiger partial charge is 0.433 e. The van der Waals surface area contributed by atoms with E-state index in [0.29, 0.717) is 11.1 Å². The Morgan fingerprint density at radius 2 is 1.23 bits per heavy atom. The van der Waals surface area contributed by atoms with Gasteiger partial charge in [-0.05, 0) is 6.07 Å². The molecule has 0 amide bonds. The van der Waals surface area contributed by atoms with Crippen molar-refractivity contribution in [3.05, 3.63) is 72.4 Å². The van der Waals surface area contributed by atoms with Crippen LogP contribution in [0, 0.1) is 0 Å². The smallest absolute Gasteiger partial charge is 0.228 e. The summed E-state index contributed by atoms with van der Waals surface area (Å²) in [6.07, 6.45) is -4.52. The molecular weight excluding hydrogens is 289 g/mol. The van der Waals surface area contributed by atoms with E-state index in [4.69, 9.17) is 0 Å². The minimum Gasteiger partial charge on any atom is -0.228 e. The third-order valence-electron chi connectivity index (χ3n) is 3.12. The predicted molar refractivity (Wildman–Crippen MR) is 77.9 cm³/mol. The number of rotatable bonds is 2. The molecule has 3 aromatic rings. The van der Waals surface area contributed by atoms with Gasteiger partial charge in [0.25, 0.3) is 0 Å². The molecule has 0 saturated heterocycles. The molecule has 22 heavy (non-hydrogen) atoms. The van der Waals surface area contributed by atoms with Gasteiger partial charge < -0.3 is 0 Å². The maximum Gasteiger partial charge on any atom is 0.433 e. The minimum atomic E-state index is -4.52. The van der Waals surface area contributed by atoms with Crippen molar-refractivity contribution in [2.45, 2.75) is 6.18 Å². The zero-order valence-electron chi connectivity index (χ0n) is 11.4. The van der Waals surface area contributed by atoms with Gasteiger partial charge in [-0.25, -0.2) is 9.97 Å². The summed E-state index contributed by atoms with van der Waals surface area (Å²) in [6.45, 7) is 0. The van der Waals surface area contributed by atoms with Gasteiger partial charge in [-0.2, -0.15) is 13.2 Å². The van der Waals surface area contributed by atoms with E-state index in [0.717, 1.165) is 6.07 Å². The van der Waals surface area contributed by atoms with E-state index in [2.05, 4.69) is 9.97 Å². The normalized spacial score (nSPS) is 11.4. The molecule has 1 aromatic heterocycles. The monoisotopic (exact) mass is 300 g/mol. The van der Waals surface area contributed by atoms with Crippen molar-refractivity contribution >= 4 is 0 Å². The Kier molecular flexibility index (Phi) is 3.63. The van der Waals surface area contributed by atoms with Gasteiger partial charge in [-0.3, -0.25) is 0 Å². The molecule has 110 valence electrons. The van der Waals surface area contributed by atoms with E-state index in [1.165, 1.54) is 0 Å². The van der Waals surface area contributed by atoms with E-state index in [1.54, 1.807) is 60.7 Å². The first-order valence-corrected chi connectivity index (χ1v) is 6.61. The molecule has 0 radical (unpaired) electrons. The van der Waals surface area contributed by atoms with Crippen molar-refractivity contribution in [3.63, 3.8) is 0 Å².